The third kappa shape index (κ3) is 5.06. The van der Waals surface area contributed by atoms with Crippen molar-refractivity contribution in [3.8, 4) is 0 Å². The number of anilines is 1. The highest BCUT2D eigenvalue weighted by molar-refractivity contribution is 5.98. The molecule has 0 aromatic heterocycles. The number of Topliss-reactive ketones (excluding diaryl/α,β-unsaturated/α-hetero) is 1. The molecule has 0 fully saturated rings. The van der Waals surface area contributed by atoms with Gasteiger partial charge in [-0.25, -0.2) is 0 Å². The largest absolute Gasteiger partial charge is 0.456 e. The van der Waals surface area contributed by atoms with Gasteiger partial charge in [0, 0.05) is 17.7 Å². The van der Waals surface area contributed by atoms with Gasteiger partial charge < -0.3 is 10.1 Å². The number of amides is 1. The van der Waals surface area contributed by atoms with Crippen molar-refractivity contribution >= 4 is 23.3 Å². The molecule has 1 aliphatic rings. The number of hydrogen-bond acceptors (Lipinski definition) is 4. The van der Waals surface area contributed by atoms with Gasteiger partial charge in [0.25, 0.3) is 5.91 Å². The van der Waals surface area contributed by atoms with Crippen molar-refractivity contribution in [3.05, 3.63) is 64.2 Å². The molecule has 2 aromatic rings. The highest BCUT2D eigenvalue weighted by Crippen LogP contribution is 2.23. The van der Waals surface area contributed by atoms with E-state index in [0.717, 1.165) is 30.4 Å². The molecular weight excluding hydrogens is 354 g/mol. The van der Waals surface area contributed by atoms with Gasteiger partial charge in [0.2, 0.25) is 0 Å². The second-order valence-corrected chi connectivity index (χ2v) is 7.29. The van der Waals surface area contributed by atoms with Crippen molar-refractivity contribution in [1.29, 1.82) is 0 Å². The van der Waals surface area contributed by atoms with Crippen LogP contribution in [0.1, 0.15) is 51.9 Å². The highest BCUT2D eigenvalue weighted by atomic mass is 16.5. The summed E-state index contributed by atoms with van der Waals surface area (Å²) in [7, 11) is 0. The van der Waals surface area contributed by atoms with E-state index in [1.165, 1.54) is 11.1 Å². The van der Waals surface area contributed by atoms with Crippen LogP contribution < -0.4 is 5.32 Å². The van der Waals surface area contributed by atoms with E-state index in [4.69, 9.17) is 4.74 Å². The maximum Gasteiger partial charge on any atom is 0.306 e. The lowest BCUT2D eigenvalue weighted by Gasteiger charge is -2.10. The molecule has 0 saturated heterocycles. The normalized spacial score (nSPS) is 12.4. The van der Waals surface area contributed by atoms with E-state index in [-0.39, 0.29) is 25.2 Å². The summed E-state index contributed by atoms with van der Waals surface area (Å²) in [5.74, 6) is -1.02. The lowest BCUT2D eigenvalue weighted by Crippen LogP contribution is -2.21. The summed E-state index contributed by atoms with van der Waals surface area (Å²) in [4.78, 5) is 36.2. The Balaban J connectivity index is 1.43. The van der Waals surface area contributed by atoms with Crippen molar-refractivity contribution < 1.29 is 19.1 Å². The molecule has 0 aliphatic heterocycles. The molecule has 5 nitrogen and oxygen atoms in total. The monoisotopic (exact) mass is 379 g/mol. The molecule has 0 saturated carbocycles. The van der Waals surface area contributed by atoms with Crippen LogP contribution in [0, 0.1) is 13.8 Å². The summed E-state index contributed by atoms with van der Waals surface area (Å²) in [6.07, 6.45) is 3.25. The third-order valence-electron chi connectivity index (χ3n) is 5.01. The Labute approximate surface area is 165 Å². The molecule has 146 valence electrons. The molecule has 5 heteroatoms. The van der Waals surface area contributed by atoms with Crippen molar-refractivity contribution in [2.45, 2.75) is 46.0 Å². The fourth-order valence-electron chi connectivity index (χ4n) is 3.38. The van der Waals surface area contributed by atoms with Gasteiger partial charge in [0.1, 0.15) is 0 Å². The first-order valence-electron chi connectivity index (χ1n) is 9.60. The molecule has 1 N–H and O–H groups in total. The van der Waals surface area contributed by atoms with Gasteiger partial charge in [0.05, 0.1) is 6.42 Å². The Morgan fingerprint density at radius 3 is 2.57 bits per heavy atom. The molecular formula is C23H25NO4. The van der Waals surface area contributed by atoms with E-state index < -0.39 is 11.9 Å². The SMILES string of the molecule is Cc1ccc(C)c(NC(=O)COC(=O)CCC(=O)c2ccc3c(c2)CCC3)c1. The van der Waals surface area contributed by atoms with E-state index in [1.807, 2.05) is 50.2 Å². The van der Waals surface area contributed by atoms with Crippen LogP contribution in [0.15, 0.2) is 36.4 Å². The summed E-state index contributed by atoms with van der Waals surface area (Å²) in [6.45, 7) is 3.47. The molecule has 1 aliphatic carbocycles. The van der Waals surface area contributed by atoms with E-state index in [1.54, 1.807) is 0 Å². The first kappa shape index (κ1) is 19.8. The van der Waals surface area contributed by atoms with E-state index in [2.05, 4.69) is 5.32 Å². The van der Waals surface area contributed by atoms with Crippen LogP contribution in [-0.4, -0.2) is 24.3 Å². The summed E-state index contributed by atoms with van der Waals surface area (Å²) < 4.78 is 5.00. The maximum atomic E-state index is 12.3. The third-order valence-corrected chi connectivity index (χ3v) is 5.01. The van der Waals surface area contributed by atoms with Gasteiger partial charge in [-0.15, -0.1) is 0 Å². The highest BCUT2D eigenvalue weighted by Gasteiger charge is 2.16. The molecule has 0 radical (unpaired) electrons. The fraction of sp³-hybridized carbons (Fsp3) is 0.348. The minimum absolute atomic E-state index is 0.0350. The Morgan fingerprint density at radius 1 is 0.964 bits per heavy atom. The number of carbonyl (C=O) groups is 3. The molecule has 3 rings (SSSR count). The Hall–Kier alpha value is -2.95. The number of ketones is 1. The predicted molar refractivity (Wildman–Crippen MR) is 108 cm³/mol. The topological polar surface area (TPSA) is 72.5 Å². The number of nitrogens with one attached hydrogen (secondary N) is 1. The minimum atomic E-state index is -0.550. The zero-order chi connectivity index (χ0) is 20.1. The lowest BCUT2D eigenvalue weighted by molar-refractivity contribution is -0.147. The standard InChI is InChI=1S/C23H25NO4/c1-15-6-7-16(2)20(12-15)24-22(26)14-28-23(27)11-10-21(25)19-9-8-17-4-3-5-18(17)13-19/h6-9,12-13H,3-5,10-11,14H2,1-2H3,(H,24,26). The van der Waals surface area contributed by atoms with Crippen LogP contribution in [0.4, 0.5) is 5.69 Å². The predicted octanol–water partition coefficient (Wildman–Crippen LogP) is 3.94. The number of aryl methyl sites for hydroxylation is 4. The number of carbonyl (C=O) groups excluding carboxylic acids is 3. The van der Waals surface area contributed by atoms with Gasteiger partial charge in [-0.05, 0) is 67.5 Å². The molecule has 2 aromatic carbocycles. The van der Waals surface area contributed by atoms with Gasteiger partial charge in [-0.3, -0.25) is 14.4 Å². The van der Waals surface area contributed by atoms with Crippen molar-refractivity contribution in [3.63, 3.8) is 0 Å². The summed E-state index contributed by atoms with van der Waals surface area (Å²) in [5.41, 5.74) is 5.85. The van der Waals surface area contributed by atoms with Crippen LogP contribution in [0.2, 0.25) is 0 Å². The van der Waals surface area contributed by atoms with Crippen molar-refractivity contribution in [2.24, 2.45) is 0 Å². The lowest BCUT2D eigenvalue weighted by atomic mass is 10.0. The minimum Gasteiger partial charge on any atom is -0.456 e. The fourth-order valence-corrected chi connectivity index (χ4v) is 3.38. The van der Waals surface area contributed by atoms with Crippen LogP contribution in [0.3, 0.4) is 0 Å². The summed E-state index contributed by atoms with van der Waals surface area (Å²) in [6, 6.07) is 11.5. The van der Waals surface area contributed by atoms with Gasteiger partial charge in [-0.2, -0.15) is 0 Å². The number of benzene rings is 2. The van der Waals surface area contributed by atoms with E-state index >= 15 is 0 Å². The summed E-state index contributed by atoms with van der Waals surface area (Å²) >= 11 is 0. The first-order chi connectivity index (χ1) is 13.4. The number of hydrogen-bond donors (Lipinski definition) is 1. The van der Waals surface area contributed by atoms with Crippen LogP contribution >= 0.6 is 0 Å². The average Bonchev–Trinajstić information content (AvgIpc) is 3.15. The second kappa shape index (κ2) is 8.83. The Morgan fingerprint density at radius 2 is 1.75 bits per heavy atom. The van der Waals surface area contributed by atoms with Crippen LogP contribution in [-0.2, 0) is 27.2 Å². The molecule has 1 amide bonds. The second-order valence-electron chi connectivity index (χ2n) is 7.29. The van der Waals surface area contributed by atoms with E-state index in [9.17, 15) is 14.4 Å². The number of rotatable bonds is 7. The molecule has 0 spiro atoms. The molecule has 0 atom stereocenters. The first-order valence-corrected chi connectivity index (χ1v) is 9.60. The Bertz CT molecular complexity index is 917. The quantitative estimate of drug-likeness (QED) is 0.584. The maximum absolute atomic E-state index is 12.3. The van der Waals surface area contributed by atoms with Crippen LogP contribution in [0.5, 0.6) is 0 Å². The van der Waals surface area contributed by atoms with E-state index in [0.29, 0.717) is 11.3 Å². The molecule has 0 heterocycles. The van der Waals surface area contributed by atoms with Gasteiger partial charge in [-0.1, -0.05) is 24.3 Å². The summed E-state index contributed by atoms with van der Waals surface area (Å²) in [5, 5.41) is 2.74. The number of ether oxygens (including phenoxy) is 1. The van der Waals surface area contributed by atoms with Gasteiger partial charge >= 0.3 is 5.97 Å². The average molecular weight is 379 g/mol. The molecule has 0 unspecified atom stereocenters. The molecule has 0 bridgehead atoms. The van der Waals surface area contributed by atoms with Crippen molar-refractivity contribution in [2.75, 3.05) is 11.9 Å². The molecule has 28 heavy (non-hydrogen) atoms. The Kier molecular flexibility index (Phi) is 6.24. The van der Waals surface area contributed by atoms with Crippen molar-refractivity contribution in [1.82, 2.24) is 0 Å². The van der Waals surface area contributed by atoms with Crippen LogP contribution in [0.25, 0.3) is 0 Å². The zero-order valence-corrected chi connectivity index (χ0v) is 16.3. The number of esters is 1. The number of fused-ring (bicyclic) bond motifs is 1. The van der Waals surface area contributed by atoms with Gasteiger partial charge in [0.15, 0.2) is 12.4 Å². The smallest absolute Gasteiger partial charge is 0.306 e. The zero-order valence-electron chi connectivity index (χ0n) is 16.3.